The number of nitrogens with zero attached hydrogens (tertiary/aromatic N) is 2. The average molecular weight is 337 g/mol. The Balaban J connectivity index is 1.61. The van der Waals surface area contributed by atoms with Crippen LogP contribution in [0.5, 0.6) is 0 Å². The first kappa shape index (κ1) is 16.5. The van der Waals surface area contributed by atoms with E-state index >= 15 is 0 Å². The molecule has 3 N–H and O–H groups in total. The standard InChI is InChI=1S/C18H19N5O2/c1-13(24)19-10-11-20-18(25)22-15-6-8-16(9-7-15)23-17-5-3-2-4-14(17)12-21-23/h2-9,12H,10-11H2,1H3,(H,19,24)(H2,20,22,25). The molecule has 0 aliphatic heterocycles. The maximum Gasteiger partial charge on any atom is 0.319 e. The van der Waals surface area contributed by atoms with E-state index in [4.69, 9.17) is 0 Å². The van der Waals surface area contributed by atoms with Gasteiger partial charge in [-0.3, -0.25) is 4.79 Å². The number of fused-ring (bicyclic) bond motifs is 1. The van der Waals surface area contributed by atoms with E-state index in [-0.39, 0.29) is 11.9 Å². The Morgan fingerprint density at radius 1 is 1.00 bits per heavy atom. The number of carbonyl (C=O) groups is 2. The second-order valence-corrected chi connectivity index (χ2v) is 5.53. The highest BCUT2D eigenvalue weighted by molar-refractivity contribution is 5.89. The predicted molar refractivity (Wildman–Crippen MR) is 96.8 cm³/mol. The number of benzene rings is 2. The van der Waals surface area contributed by atoms with Crippen LogP contribution in [-0.4, -0.2) is 34.8 Å². The third-order valence-corrected chi connectivity index (χ3v) is 3.63. The Labute approximate surface area is 145 Å². The minimum absolute atomic E-state index is 0.121. The first-order valence-corrected chi connectivity index (χ1v) is 7.96. The molecule has 0 fully saturated rings. The normalized spacial score (nSPS) is 10.4. The van der Waals surface area contributed by atoms with Crippen molar-refractivity contribution in [2.75, 3.05) is 18.4 Å². The average Bonchev–Trinajstić information content (AvgIpc) is 3.03. The van der Waals surface area contributed by atoms with Gasteiger partial charge in [0.25, 0.3) is 0 Å². The Kier molecular flexibility index (Phi) is 4.94. The molecule has 0 saturated heterocycles. The molecule has 0 aliphatic rings. The van der Waals surface area contributed by atoms with Crippen molar-refractivity contribution in [3.05, 3.63) is 54.7 Å². The van der Waals surface area contributed by atoms with Crippen LogP contribution in [0.1, 0.15) is 6.92 Å². The van der Waals surface area contributed by atoms with E-state index in [1.54, 1.807) is 0 Å². The van der Waals surface area contributed by atoms with Gasteiger partial charge in [-0.15, -0.1) is 0 Å². The van der Waals surface area contributed by atoms with Gasteiger partial charge in [-0.1, -0.05) is 18.2 Å². The summed E-state index contributed by atoms with van der Waals surface area (Å²) < 4.78 is 1.85. The van der Waals surface area contributed by atoms with Crippen molar-refractivity contribution in [1.29, 1.82) is 0 Å². The molecule has 0 unspecified atom stereocenters. The molecule has 1 heterocycles. The van der Waals surface area contributed by atoms with Gasteiger partial charge in [-0.25, -0.2) is 9.48 Å². The molecular weight excluding hydrogens is 318 g/mol. The Morgan fingerprint density at radius 3 is 2.48 bits per heavy atom. The zero-order chi connectivity index (χ0) is 17.6. The van der Waals surface area contributed by atoms with Gasteiger partial charge in [0, 0.05) is 31.1 Å². The van der Waals surface area contributed by atoms with Crippen molar-refractivity contribution < 1.29 is 9.59 Å². The molecular formula is C18H19N5O2. The minimum atomic E-state index is -0.317. The number of hydrogen-bond acceptors (Lipinski definition) is 3. The summed E-state index contributed by atoms with van der Waals surface area (Å²) in [5.74, 6) is -0.121. The third kappa shape index (κ3) is 4.14. The lowest BCUT2D eigenvalue weighted by molar-refractivity contribution is -0.118. The van der Waals surface area contributed by atoms with E-state index in [1.165, 1.54) is 6.92 Å². The molecule has 0 atom stereocenters. The molecule has 1 aromatic heterocycles. The highest BCUT2D eigenvalue weighted by atomic mass is 16.2. The molecule has 0 radical (unpaired) electrons. The Bertz CT molecular complexity index is 886. The number of aromatic nitrogens is 2. The largest absolute Gasteiger partial charge is 0.355 e. The fourth-order valence-corrected chi connectivity index (χ4v) is 2.45. The van der Waals surface area contributed by atoms with E-state index in [2.05, 4.69) is 21.0 Å². The van der Waals surface area contributed by atoms with Crippen molar-refractivity contribution in [2.24, 2.45) is 0 Å². The number of anilines is 1. The SMILES string of the molecule is CC(=O)NCCNC(=O)Nc1ccc(-n2ncc3ccccc32)cc1. The van der Waals surface area contributed by atoms with Crippen LogP contribution in [0.25, 0.3) is 16.6 Å². The molecule has 0 spiro atoms. The van der Waals surface area contributed by atoms with E-state index in [1.807, 2.05) is 59.4 Å². The first-order chi connectivity index (χ1) is 12.1. The number of hydrogen-bond donors (Lipinski definition) is 3. The van der Waals surface area contributed by atoms with Crippen LogP contribution < -0.4 is 16.0 Å². The maximum absolute atomic E-state index is 11.8. The van der Waals surface area contributed by atoms with Gasteiger partial charge in [0.2, 0.25) is 5.91 Å². The fourth-order valence-electron chi connectivity index (χ4n) is 2.45. The number of urea groups is 1. The molecule has 25 heavy (non-hydrogen) atoms. The predicted octanol–water partition coefficient (Wildman–Crippen LogP) is 2.28. The lowest BCUT2D eigenvalue weighted by atomic mass is 10.2. The molecule has 0 bridgehead atoms. The molecule has 7 heteroatoms. The van der Waals surface area contributed by atoms with Crippen LogP contribution >= 0.6 is 0 Å². The highest BCUT2D eigenvalue weighted by Gasteiger charge is 2.05. The van der Waals surface area contributed by atoms with Gasteiger partial charge in [0.05, 0.1) is 17.4 Å². The summed E-state index contributed by atoms with van der Waals surface area (Å²) in [6.07, 6.45) is 1.82. The number of carbonyl (C=O) groups excluding carboxylic acids is 2. The fraction of sp³-hybridized carbons (Fsp3) is 0.167. The summed E-state index contributed by atoms with van der Waals surface area (Å²) in [5, 5.41) is 13.5. The Hall–Kier alpha value is -3.35. The van der Waals surface area contributed by atoms with Crippen LogP contribution in [0.3, 0.4) is 0 Å². The van der Waals surface area contributed by atoms with Crippen LogP contribution in [-0.2, 0) is 4.79 Å². The molecule has 7 nitrogen and oxygen atoms in total. The van der Waals surface area contributed by atoms with Crippen molar-refractivity contribution >= 4 is 28.5 Å². The monoisotopic (exact) mass is 337 g/mol. The van der Waals surface area contributed by atoms with Crippen LogP contribution in [0, 0.1) is 0 Å². The van der Waals surface area contributed by atoms with Gasteiger partial charge in [-0.05, 0) is 30.3 Å². The lowest BCUT2D eigenvalue weighted by Gasteiger charge is -2.09. The summed E-state index contributed by atoms with van der Waals surface area (Å²) in [7, 11) is 0. The lowest BCUT2D eigenvalue weighted by Crippen LogP contribution is -2.36. The topological polar surface area (TPSA) is 88.0 Å². The summed E-state index contributed by atoms with van der Waals surface area (Å²) in [4.78, 5) is 22.5. The van der Waals surface area contributed by atoms with Crippen molar-refractivity contribution in [3.63, 3.8) is 0 Å². The summed E-state index contributed by atoms with van der Waals surface area (Å²) in [6, 6.07) is 15.1. The summed E-state index contributed by atoms with van der Waals surface area (Å²) in [5.41, 5.74) is 2.62. The molecule has 0 saturated carbocycles. The zero-order valence-corrected chi connectivity index (χ0v) is 13.8. The first-order valence-electron chi connectivity index (χ1n) is 7.96. The van der Waals surface area contributed by atoms with Crippen molar-refractivity contribution in [1.82, 2.24) is 20.4 Å². The van der Waals surface area contributed by atoms with Gasteiger partial charge in [0.15, 0.2) is 0 Å². The summed E-state index contributed by atoms with van der Waals surface area (Å²) in [6.45, 7) is 2.20. The van der Waals surface area contributed by atoms with E-state index in [0.29, 0.717) is 18.8 Å². The van der Waals surface area contributed by atoms with Crippen LogP contribution in [0.2, 0.25) is 0 Å². The van der Waals surface area contributed by atoms with Gasteiger partial charge < -0.3 is 16.0 Å². The third-order valence-electron chi connectivity index (χ3n) is 3.63. The summed E-state index contributed by atoms with van der Waals surface area (Å²) >= 11 is 0. The van der Waals surface area contributed by atoms with E-state index in [0.717, 1.165) is 16.6 Å². The van der Waals surface area contributed by atoms with Crippen LogP contribution in [0.4, 0.5) is 10.5 Å². The quantitative estimate of drug-likeness (QED) is 0.624. The van der Waals surface area contributed by atoms with Crippen molar-refractivity contribution in [2.45, 2.75) is 6.92 Å². The van der Waals surface area contributed by atoms with Crippen LogP contribution in [0.15, 0.2) is 54.7 Å². The number of nitrogens with one attached hydrogen (secondary N) is 3. The van der Waals surface area contributed by atoms with Gasteiger partial charge >= 0.3 is 6.03 Å². The molecule has 3 rings (SSSR count). The highest BCUT2D eigenvalue weighted by Crippen LogP contribution is 2.19. The molecule has 2 aromatic carbocycles. The number of para-hydroxylation sites is 1. The minimum Gasteiger partial charge on any atom is -0.355 e. The van der Waals surface area contributed by atoms with Gasteiger partial charge in [0.1, 0.15) is 0 Å². The van der Waals surface area contributed by atoms with Crippen molar-refractivity contribution in [3.8, 4) is 5.69 Å². The smallest absolute Gasteiger partial charge is 0.319 e. The zero-order valence-electron chi connectivity index (χ0n) is 13.8. The molecule has 3 amide bonds. The van der Waals surface area contributed by atoms with E-state index < -0.39 is 0 Å². The second kappa shape index (κ2) is 7.48. The number of amides is 3. The molecule has 128 valence electrons. The molecule has 0 aliphatic carbocycles. The molecule has 3 aromatic rings. The Morgan fingerprint density at radius 2 is 1.72 bits per heavy atom. The number of rotatable bonds is 5. The van der Waals surface area contributed by atoms with E-state index in [9.17, 15) is 9.59 Å². The maximum atomic E-state index is 11.8. The van der Waals surface area contributed by atoms with Gasteiger partial charge in [-0.2, -0.15) is 5.10 Å². The second-order valence-electron chi connectivity index (χ2n) is 5.53.